The van der Waals surface area contributed by atoms with Crippen molar-refractivity contribution in [1.82, 2.24) is 29.7 Å². The molecule has 0 radical (unpaired) electrons. The normalized spacial score (nSPS) is 22.2. The summed E-state index contributed by atoms with van der Waals surface area (Å²) in [7, 11) is 0. The van der Waals surface area contributed by atoms with Gasteiger partial charge in [0.05, 0.1) is 41.0 Å². The molecular weight excluding hydrogens is 506 g/mol. The van der Waals surface area contributed by atoms with Crippen molar-refractivity contribution in [2.45, 2.75) is 45.2 Å². The average molecular weight is 536 g/mol. The van der Waals surface area contributed by atoms with Crippen LogP contribution in [0.25, 0.3) is 33.9 Å². The highest BCUT2D eigenvalue weighted by atomic mass is 35.5. The van der Waals surface area contributed by atoms with Crippen LogP contribution in [0.1, 0.15) is 32.6 Å². The van der Waals surface area contributed by atoms with Gasteiger partial charge in [0.15, 0.2) is 0 Å². The Bertz CT molecular complexity index is 1520. The van der Waals surface area contributed by atoms with Crippen LogP contribution in [0.5, 0.6) is 0 Å². The van der Waals surface area contributed by atoms with Crippen molar-refractivity contribution in [2.75, 3.05) is 24.7 Å². The first-order chi connectivity index (χ1) is 18.5. The van der Waals surface area contributed by atoms with Gasteiger partial charge >= 0.3 is 5.76 Å². The largest absolute Gasteiger partial charge is 0.434 e. The number of anilines is 1. The van der Waals surface area contributed by atoms with Crippen molar-refractivity contribution in [1.29, 1.82) is 0 Å². The van der Waals surface area contributed by atoms with E-state index in [4.69, 9.17) is 30.7 Å². The Balaban J connectivity index is 1.58. The summed E-state index contributed by atoms with van der Waals surface area (Å²) in [6.07, 6.45) is 10.0. The molecule has 10 nitrogen and oxygen atoms in total. The number of fused-ring (bicyclic) bond motifs is 1. The molecule has 1 aliphatic heterocycles. The molecule has 4 aromatic rings. The van der Waals surface area contributed by atoms with Gasteiger partial charge in [-0.2, -0.15) is 0 Å². The maximum Gasteiger partial charge on any atom is 0.434 e. The van der Waals surface area contributed by atoms with Crippen LogP contribution < -0.4 is 10.7 Å². The van der Waals surface area contributed by atoms with Crippen molar-refractivity contribution in [3.8, 4) is 22.8 Å². The monoisotopic (exact) mass is 535 g/mol. The number of aromatic nitrogens is 6. The summed E-state index contributed by atoms with van der Waals surface area (Å²) in [5, 5.41) is 6.83. The minimum Gasteiger partial charge on any atom is -0.386 e. The van der Waals surface area contributed by atoms with Crippen LogP contribution >= 0.6 is 11.6 Å². The van der Waals surface area contributed by atoms with Gasteiger partial charge in [-0.3, -0.25) is 4.98 Å². The summed E-state index contributed by atoms with van der Waals surface area (Å²) in [5.41, 5.74) is 3.41. The fourth-order valence-corrected chi connectivity index (χ4v) is 5.74. The summed E-state index contributed by atoms with van der Waals surface area (Å²) in [6.45, 7) is 9.07. The Kier molecular flexibility index (Phi) is 6.75. The van der Waals surface area contributed by atoms with Gasteiger partial charge in [-0.25, -0.2) is 19.9 Å². The van der Waals surface area contributed by atoms with E-state index in [-0.39, 0.29) is 11.9 Å². The third-order valence-corrected chi connectivity index (χ3v) is 7.82. The molecule has 5 heterocycles. The molecule has 2 aliphatic rings. The van der Waals surface area contributed by atoms with Gasteiger partial charge in [0.1, 0.15) is 5.69 Å². The van der Waals surface area contributed by atoms with Gasteiger partial charge in [0.2, 0.25) is 5.95 Å². The number of imidazole rings is 1. The highest BCUT2D eigenvalue weighted by molar-refractivity contribution is 6.30. The molecule has 1 N–H and O–H groups in total. The van der Waals surface area contributed by atoms with Gasteiger partial charge in [0, 0.05) is 31.0 Å². The van der Waals surface area contributed by atoms with Gasteiger partial charge in [0.25, 0.3) is 5.89 Å². The number of pyridine rings is 2. The second kappa shape index (κ2) is 10.3. The second-order valence-corrected chi connectivity index (χ2v) is 10.7. The number of rotatable bonds is 6. The third kappa shape index (κ3) is 4.74. The van der Waals surface area contributed by atoms with E-state index < -0.39 is 5.76 Å². The van der Waals surface area contributed by atoms with E-state index in [1.165, 1.54) is 25.7 Å². The molecule has 0 spiro atoms. The Hall–Kier alpha value is -3.50. The first-order valence-electron chi connectivity index (χ1n) is 13.0. The topological polar surface area (TPSA) is 115 Å². The maximum absolute atomic E-state index is 11.7. The molecule has 38 heavy (non-hydrogen) atoms. The molecule has 1 saturated carbocycles. The molecule has 4 aromatic heterocycles. The zero-order valence-electron chi connectivity index (χ0n) is 21.3. The molecule has 1 saturated heterocycles. The SMILES string of the molecule is C=CC1COCCN1c1nc2cc(-c3n[nH]c(=O)o3)nc(-c3cncc(Cl)c3)c2n1CC1CCC(C)CC1. The van der Waals surface area contributed by atoms with E-state index in [0.29, 0.717) is 42.1 Å². The molecule has 2 fully saturated rings. The number of nitrogens with one attached hydrogen (secondary N) is 1. The Morgan fingerprint density at radius 2 is 2.05 bits per heavy atom. The van der Waals surface area contributed by atoms with E-state index in [9.17, 15) is 4.79 Å². The lowest BCUT2D eigenvalue weighted by Crippen LogP contribution is -2.45. The third-order valence-electron chi connectivity index (χ3n) is 7.61. The Morgan fingerprint density at radius 1 is 1.21 bits per heavy atom. The Labute approximate surface area is 224 Å². The smallest absolute Gasteiger partial charge is 0.386 e. The number of ether oxygens (including phenoxy) is 1. The molecule has 6 rings (SSSR count). The summed E-state index contributed by atoms with van der Waals surface area (Å²) < 4.78 is 13.3. The molecule has 0 amide bonds. The van der Waals surface area contributed by atoms with E-state index in [0.717, 1.165) is 35.0 Å². The first-order valence-corrected chi connectivity index (χ1v) is 13.4. The highest BCUT2D eigenvalue weighted by Gasteiger charge is 2.30. The molecule has 11 heteroatoms. The summed E-state index contributed by atoms with van der Waals surface area (Å²) >= 11 is 6.36. The van der Waals surface area contributed by atoms with Crippen molar-refractivity contribution < 1.29 is 9.15 Å². The van der Waals surface area contributed by atoms with E-state index in [1.807, 2.05) is 18.2 Å². The summed E-state index contributed by atoms with van der Waals surface area (Å²) in [6, 6.07) is 3.66. The Morgan fingerprint density at radius 3 is 2.79 bits per heavy atom. The van der Waals surface area contributed by atoms with Crippen LogP contribution in [0.2, 0.25) is 5.02 Å². The van der Waals surface area contributed by atoms with Crippen LogP contribution in [-0.4, -0.2) is 55.5 Å². The van der Waals surface area contributed by atoms with E-state index in [1.54, 1.807) is 12.4 Å². The molecule has 0 aromatic carbocycles. The van der Waals surface area contributed by atoms with Crippen molar-refractivity contribution in [3.63, 3.8) is 0 Å². The maximum atomic E-state index is 11.7. The first kappa shape index (κ1) is 24.8. The number of hydrogen-bond donors (Lipinski definition) is 1. The van der Waals surface area contributed by atoms with Crippen molar-refractivity contribution in [3.05, 3.63) is 52.8 Å². The quantitative estimate of drug-likeness (QED) is 0.353. The standard InChI is InChI=1S/C27H30ClN7O3/c1-3-20-15-37-9-8-34(20)26-31-21-11-22(25-32-33-27(36)38-25)30-23(18-10-19(28)13-29-12-18)24(21)35(26)14-17-6-4-16(2)5-7-17/h3,10-13,16-17,20H,1,4-9,14-15H2,2H3,(H,33,36). The lowest BCUT2D eigenvalue weighted by Gasteiger charge is -2.35. The van der Waals surface area contributed by atoms with E-state index >= 15 is 0 Å². The average Bonchev–Trinajstić information content (AvgIpc) is 3.53. The fraction of sp³-hybridized carbons (Fsp3) is 0.444. The van der Waals surface area contributed by atoms with Crippen LogP contribution in [0.15, 0.2) is 46.4 Å². The van der Waals surface area contributed by atoms with Crippen LogP contribution in [0, 0.1) is 11.8 Å². The summed E-state index contributed by atoms with van der Waals surface area (Å²) in [5.74, 6) is 1.59. The van der Waals surface area contributed by atoms with Crippen molar-refractivity contribution in [2.24, 2.45) is 11.8 Å². The predicted octanol–water partition coefficient (Wildman–Crippen LogP) is 4.71. The van der Waals surface area contributed by atoms with Gasteiger partial charge in [-0.05, 0) is 36.8 Å². The number of aromatic amines is 1. The number of halogens is 1. The van der Waals surface area contributed by atoms with E-state index in [2.05, 4.69) is 38.2 Å². The molecular formula is C27H30ClN7O3. The zero-order chi connectivity index (χ0) is 26.2. The van der Waals surface area contributed by atoms with Gasteiger partial charge in [-0.15, -0.1) is 11.7 Å². The number of H-pyrrole nitrogens is 1. The van der Waals surface area contributed by atoms with Crippen LogP contribution in [0.4, 0.5) is 5.95 Å². The minimum atomic E-state index is -0.646. The highest BCUT2D eigenvalue weighted by Crippen LogP contribution is 2.37. The van der Waals surface area contributed by atoms with Gasteiger partial charge in [-0.1, -0.05) is 37.4 Å². The number of hydrogen-bond acceptors (Lipinski definition) is 8. The molecule has 198 valence electrons. The minimum absolute atomic E-state index is 0.00114. The summed E-state index contributed by atoms with van der Waals surface area (Å²) in [4.78, 5) is 28.4. The predicted molar refractivity (Wildman–Crippen MR) is 145 cm³/mol. The number of nitrogens with zero attached hydrogens (tertiary/aromatic N) is 6. The van der Waals surface area contributed by atoms with Crippen LogP contribution in [-0.2, 0) is 11.3 Å². The molecule has 1 aliphatic carbocycles. The fourth-order valence-electron chi connectivity index (χ4n) is 5.56. The lowest BCUT2D eigenvalue weighted by molar-refractivity contribution is 0.105. The molecule has 0 bridgehead atoms. The second-order valence-electron chi connectivity index (χ2n) is 10.3. The number of morpholine rings is 1. The lowest BCUT2D eigenvalue weighted by atomic mass is 9.83. The molecule has 1 atom stereocenters. The van der Waals surface area contributed by atoms with Crippen LogP contribution in [0.3, 0.4) is 0 Å². The van der Waals surface area contributed by atoms with Gasteiger partial charge < -0.3 is 18.6 Å². The molecule has 1 unspecified atom stereocenters. The van der Waals surface area contributed by atoms with Crippen molar-refractivity contribution >= 4 is 28.6 Å². The zero-order valence-corrected chi connectivity index (χ0v) is 22.0.